The minimum atomic E-state index is -1.14. The van der Waals surface area contributed by atoms with Crippen LogP contribution >= 0.6 is 11.6 Å². The quantitative estimate of drug-likeness (QED) is 0.846. The number of carboxylic acids is 1. The topological polar surface area (TPSA) is 79.5 Å². The molecule has 0 amide bonds. The van der Waals surface area contributed by atoms with Crippen molar-refractivity contribution in [2.24, 2.45) is 5.92 Å². The second-order valence-electron chi connectivity index (χ2n) is 4.94. The van der Waals surface area contributed by atoms with Crippen LogP contribution in [0.15, 0.2) is 28.9 Å². The molecular weight excluding hydrogens is 282 g/mol. The van der Waals surface area contributed by atoms with E-state index in [2.05, 4.69) is 5.32 Å². The maximum Gasteiger partial charge on any atom is 0.324 e. The Balaban J connectivity index is 1.96. The molecular formula is C14H12ClNO4. The van der Waals surface area contributed by atoms with Gasteiger partial charge in [0, 0.05) is 10.9 Å². The van der Waals surface area contributed by atoms with Gasteiger partial charge in [0.25, 0.3) is 0 Å². The largest absolute Gasteiger partial charge is 0.480 e. The first-order valence-corrected chi connectivity index (χ1v) is 6.50. The molecule has 5 nitrogen and oxygen atoms in total. The molecule has 0 saturated heterocycles. The SMILES string of the molecule is CN[C@]1(C(=O)O)C[C@@H]1C(=O)c1cc(Cl)c2occc2c1. The Kier molecular flexibility index (Phi) is 2.84. The average Bonchev–Trinajstić information content (AvgIpc) is 2.99. The number of furan rings is 1. The van der Waals surface area contributed by atoms with Gasteiger partial charge in [-0.25, -0.2) is 0 Å². The number of benzene rings is 1. The molecule has 0 radical (unpaired) electrons. The van der Waals surface area contributed by atoms with E-state index in [4.69, 9.17) is 16.0 Å². The monoisotopic (exact) mass is 293 g/mol. The molecule has 1 aromatic heterocycles. The van der Waals surface area contributed by atoms with Crippen molar-refractivity contribution in [2.45, 2.75) is 12.0 Å². The van der Waals surface area contributed by atoms with Crippen molar-refractivity contribution in [2.75, 3.05) is 7.05 Å². The minimum absolute atomic E-state index is 0.216. The van der Waals surface area contributed by atoms with E-state index in [0.717, 1.165) is 5.39 Å². The summed E-state index contributed by atoms with van der Waals surface area (Å²) in [6.45, 7) is 0. The number of carbonyl (C=O) groups is 2. The number of hydrogen-bond donors (Lipinski definition) is 2. The lowest BCUT2D eigenvalue weighted by molar-refractivity contribution is -0.140. The molecule has 1 aliphatic rings. The van der Waals surface area contributed by atoms with Crippen LogP contribution in [0.5, 0.6) is 0 Å². The normalized spacial score (nSPS) is 24.8. The van der Waals surface area contributed by atoms with Crippen LogP contribution in [0.25, 0.3) is 11.0 Å². The molecule has 3 rings (SSSR count). The Hall–Kier alpha value is -1.85. The van der Waals surface area contributed by atoms with Gasteiger partial charge in [-0.05, 0) is 31.7 Å². The molecule has 0 bridgehead atoms. The average molecular weight is 294 g/mol. The van der Waals surface area contributed by atoms with Crippen molar-refractivity contribution in [1.29, 1.82) is 0 Å². The number of rotatable bonds is 4. The van der Waals surface area contributed by atoms with Crippen LogP contribution in [-0.4, -0.2) is 29.4 Å². The van der Waals surface area contributed by atoms with Gasteiger partial charge >= 0.3 is 5.97 Å². The summed E-state index contributed by atoms with van der Waals surface area (Å²) in [7, 11) is 1.55. The number of hydrogen-bond acceptors (Lipinski definition) is 4. The van der Waals surface area contributed by atoms with Crippen molar-refractivity contribution in [3.63, 3.8) is 0 Å². The van der Waals surface area contributed by atoms with Crippen LogP contribution in [0.1, 0.15) is 16.8 Å². The zero-order valence-electron chi connectivity index (χ0n) is 10.6. The van der Waals surface area contributed by atoms with Crippen molar-refractivity contribution in [3.05, 3.63) is 35.0 Å². The number of fused-ring (bicyclic) bond motifs is 1. The lowest BCUT2D eigenvalue weighted by atomic mass is 10.0. The summed E-state index contributed by atoms with van der Waals surface area (Å²) in [5.41, 5.74) is -0.209. The maximum atomic E-state index is 12.4. The summed E-state index contributed by atoms with van der Waals surface area (Å²) in [6, 6.07) is 4.91. The summed E-state index contributed by atoms with van der Waals surface area (Å²) in [6.07, 6.45) is 1.79. The van der Waals surface area contributed by atoms with Gasteiger partial charge in [-0.1, -0.05) is 11.6 Å². The summed E-state index contributed by atoms with van der Waals surface area (Å²) < 4.78 is 5.21. The van der Waals surface area contributed by atoms with Gasteiger partial charge in [0.05, 0.1) is 17.2 Å². The number of carbonyl (C=O) groups excluding carboxylic acids is 1. The van der Waals surface area contributed by atoms with Crippen LogP contribution < -0.4 is 5.32 Å². The third kappa shape index (κ3) is 1.74. The summed E-state index contributed by atoms with van der Waals surface area (Å²) in [5.74, 6) is -1.79. The number of halogens is 1. The van der Waals surface area contributed by atoms with Crippen LogP contribution in [0.4, 0.5) is 0 Å². The Morgan fingerprint density at radius 1 is 1.50 bits per heavy atom. The Morgan fingerprint density at radius 2 is 2.25 bits per heavy atom. The van der Waals surface area contributed by atoms with Gasteiger partial charge in [0.1, 0.15) is 5.54 Å². The molecule has 1 heterocycles. The summed E-state index contributed by atoms with van der Waals surface area (Å²) in [5, 5.41) is 13.0. The van der Waals surface area contributed by atoms with Crippen molar-refractivity contribution in [3.8, 4) is 0 Å². The molecule has 2 N–H and O–H groups in total. The van der Waals surface area contributed by atoms with Crippen LogP contribution in [-0.2, 0) is 4.79 Å². The lowest BCUT2D eigenvalue weighted by Gasteiger charge is -2.10. The molecule has 1 fully saturated rings. The van der Waals surface area contributed by atoms with Crippen LogP contribution in [0.3, 0.4) is 0 Å². The van der Waals surface area contributed by atoms with Gasteiger partial charge in [-0.3, -0.25) is 9.59 Å². The number of Topliss-reactive ketones (excluding diaryl/α,β-unsaturated/α-hetero) is 1. The highest BCUT2D eigenvalue weighted by molar-refractivity contribution is 6.35. The molecule has 1 saturated carbocycles. The number of carboxylic acid groups (broad SMARTS) is 1. The third-order valence-corrected chi connectivity index (χ3v) is 4.18. The summed E-state index contributed by atoms with van der Waals surface area (Å²) in [4.78, 5) is 23.7. The first kappa shape index (κ1) is 13.1. The van der Waals surface area contributed by atoms with Gasteiger partial charge in [-0.15, -0.1) is 0 Å². The zero-order chi connectivity index (χ0) is 14.5. The van der Waals surface area contributed by atoms with Crippen molar-refractivity contribution >= 4 is 34.3 Å². The Morgan fingerprint density at radius 3 is 2.85 bits per heavy atom. The van der Waals surface area contributed by atoms with E-state index in [0.29, 0.717) is 22.6 Å². The van der Waals surface area contributed by atoms with E-state index in [9.17, 15) is 14.7 Å². The van der Waals surface area contributed by atoms with Gasteiger partial charge in [0.2, 0.25) is 0 Å². The zero-order valence-corrected chi connectivity index (χ0v) is 11.4. The fraction of sp³-hybridized carbons (Fsp3) is 0.286. The molecule has 2 atom stereocenters. The highest BCUT2D eigenvalue weighted by atomic mass is 35.5. The van der Waals surface area contributed by atoms with E-state index < -0.39 is 17.4 Å². The molecule has 1 aromatic carbocycles. The lowest BCUT2D eigenvalue weighted by Crippen LogP contribution is -2.40. The van der Waals surface area contributed by atoms with Crippen molar-refractivity contribution in [1.82, 2.24) is 5.32 Å². The fourth-order valence-corrected chi connectivity index (χ4v) is 2.85. The van der Waals surface area contributed by atoms with E-state index >= 15 is 0 Å². The third-order valence-electron chi connectivity index (χ3n) is 3.90. The molecule has 0 aliphatic heterocycles. The Labute approximate surface area is 119 Å². The fourth-order valence-electron chi connectivity index (χ4n) is 2.58. The molecule has 1 aliphatic carbocycles. The standard InChI is InChI=1S/C14H12ClNO4/c1-16-14(13(18)19)6-9(14)11(17)8-4-7-2-3-20-12(7)10(15)5-8/h2-5,9,16H,6H2,1H3,(H,18,19)/t9-,14-/m1/s1. The van der Waals surface area contributed by atoms with Gasteiger partial charge in [0.15, 0.2) is 11.4 Å². The predicted molar refractivity (Wildman–Crippen MR) is 73.1 cm³/mol. The van der Waals surface area contributed by atoms with Gasteiger partial charge < -0.3 is 14.8 Å². The first-order valence-electron chi connectivity index (χ1n) is 6.13. The smallest absolute Gasteiger partial charge is 0.324 e. The number of aliphatic carboxylic acids is 1. The van der Waals surface area contributed by atoms with Crippen LogP contribution in [0.2, 0.25) is 5.02 Å². The predicted octanol–water partition coefficient (Wildman–Crippen LogP) is 2.33. The molecule has 20 heavy (non-hydrogen) atoms. The van der Waals surface area contributed by atoms with Crippen LogP contribution in [0, 0.1) is 5.92 Å². The first-order chi connectivity index (χ1) is 9.49. The number of nitrogens with one attached hydrogen (secondary N) is 1. The molecule has 104 valence electrons. The molecule has 0 spiro atoms. The summed E-state index contributed by atoms with van der Waals surface area (Å²) >= 11 is 6.06. The highest BCUT2D eigenvalue weighted by Gasteiger charge is 2.63. The van der Waals surface area contributed by atoms with E-state index in [-0.39, 0.29) is 5.78 Å². The second kappa shape index (κ2) is 4.33. The van der Waals surface area contributed by atoms with E-state index in [1.807, 2.05) is 0 Å². The molecule has 2 aromatic rings. The number of ketones is 1. The van der Waals surface area contributed by atoms with Gasteiger partial charge in [-0.2, -0.15) is 0 Å². The Bertz CT molecular complexity index is 723. The number of likely N-dealkylation sites (N-methyl/N-ethyl adjacent to an activating group) is 1. The van der Waals surface area contributed by atoms with E-state index in [1.54, 1.807) is 19.2 Å². The second-order valence-corrected chi connectivity index (χ2v) is 5.35. The minimum Gasteiger partial charge on any atom is -0.480 e. The van der Waals surface area contributed by atoms with E-state index in [1.165, 1.54) is 12.3 Å². The van der Waals surface area contributed by atoms with Crippen molar-refractivity contribution < 1.29 is 19.1 Å². The highest BCUT2D eigenvalue weighted by Crippen LogP contribution is 2.46. The molecule has 0 unspecified atom stereocenters. The molecule has 6 heteroatoms. The maximum absolute atomic E-state index is 12.4.